The second-order valence-electron chi connectivity index (χ2n) is 16.7. The van der Waals surface area contributed by atoms with Crippen LogP contribution in [0.4, 0.5) is 0 Å². The van der Waals surface area contributed by atoms with Crippen molar-refractivity contribution >= 4 is 11.9 Å². The summed E-state index contributed by atoms with van der Waals surface area (Å²) in [6.07, 6.45) is 39.8. The molecule has 0 bridgehead atoms. The third-order valence-electron chi connectivity index (χ3n) is 11.5. The first-order valence-electron chi connectivity index (χ1n) is 23.6. The lowest BCUT2D eigenvalue weighted by Gasteiger charge is -2.11. The highest BCUT2D eigenvalue weighted by molar-refractivity contribution is 5.76. The number of esters is 2. The van der Waals surface area contributed by atoms with Crippen LogP contribution in [-0.2, 0) is 19.1 Å². The van der Waals surface area contributed by atoms with Crippen molar-refractivity contribution in [2.75, 3.05) is 0 Å². The molecule has 2 aliphatic heterocycles. The molecule has 2 N–H and O–H groups in total. The smallest absolute Gasteiger partial charge is 0.312 e. The van der Waals surface area contributed by atoms with Crippen molar-refractivity contribution in [2.45, 2.75) is 257 Å². The summed E-state index contributed by atoms with van der Waals surface area (Å²) < 4.78 is 10.1. The number of ether oxygens (including phenoxy) is 2. The van der Waals surface area contributed by atoms with Gasteiger partial charge in [0.05, 0.1) is 11.8 Å². The van der Waals surface area contributed by atoms with Crippen LogP contribution in [0.5, 0.6) is 0 Å². The van der Waals surface area contributed by atoms with Gasteiger partial charge in [-0.25, -0.2) is 0 Å². The molecule has 0 radical (unpaired) electrons. The Labute approximate surface area is 345 Å². The molecule has 0 aromatic carbocycles. The van der Waals surface area contributed by atoms with Gasteiger partial charge in [0.25, 0.3) is 0 Å². The van der Waals surface area contributed by atoms with E-state index in [-0.39, 0.29) is 36.0 Å². The minimum Gasteiger partial charge on any atom is -0.460 e. The molecular weight excluding hydrogens is 697 g/mol. The van der Waals surface area contributed by atoms with Crippen LogP contribution in [0, 0.1) is 35.5 Å². The maximum absolute atomic E-state index is 11.6. The lowest BCUT2D eigenvalue weighted by atomic mass is 9.95. The van der Waals surface area contributed by atoms with Crippen molar-refractivity contribution in [1.82, 2.24) is 0 Å². The highest BCUT2D eigenvalue weighted by Gasteiger charge is 2.41. The zero-order valence-electron chi connectivity index (χ0n) is 36.6. The van der Waals surface area contributed by atoms with E-state index in [2.05, 4.69) is 37.2 Å². The summed E-state index contributed by atoms with van der Waals surface area (Å²) in [6.45, 7) is 9.54. The average Bonchev–Trinajstić information content (AvgIpc) is 3.58. The Kier molecular flexibility index (Phi) is 34.2. The number of unbranched alkanes of at least 4 members (excludes halogenated alkanes) is 27. The van der Waals surface area contributed by atoms with Gasteiger partial charge in [-0.05, 0) is 65.2 Å². The molecule has 6 nitrogen and oxygen atoms in total. The molecule has 0 saturated carbocycles. The number of hydrogen-bond donors (Lipinski definition) is 2. The van der Waals surface area contributed by atoms with E-state index >= 15 is 0 Å². The van der Waals surface area contributed by atoms with Crippen LogP contribution in [0.25, 0.3) is 0 Å². The van der Waals surface area contributed by atoms with Gasteiger partial charge in [-0.1, -0.05) is 148 Å². The molecule has 0 aromatic rings. The first kappa shape index (κ1) is 51.7. The highest BCUT2D eigenvalue weighted by Crippen LogP contribution is 2.28. The number of carbonyl (C=O) groups is 2. The van der Waals surface area contributed by atoms with E-state index in [1.165, 1.54) is 141 Å². The fourth-order valence-corrected chi connectivity index (χ4v) is 7.67. The number of aliphatic hydroxyl groups excluding tert-OH is 2. The highest BCUT2D eigenvalue weighted by atomic mass is 16.6. The first-order chi connectivity index (χ1) is 27.3. The molecule has 0 aliphatic carbocycles. The van der Waals surface area contributed by atoms with E-state index in [4.69, 9.17) is 9.47 Å². The topological polar surface area (TPSA) is 93.1 Å². The van der Waals surface area contributed by atoms with Gasteiger partial charge in [-0.15, -0.1) is 30.3 Å². The van der Waals surface area contributed by atoms with Gasteiger partial charge < -0.3 is 19.7 Å². The fraction of sp³-hybridized carbons (Fsp3) is 0.840. The van der Waals surface area contributed by atoms with Gasteiger partial charge in [0, 0.05) is 25.7 Å². The summed E-state index contributed by atoms with van der Waals surface area (Å²) in [4.78, 5) is 23.2. The van der Waals surface area contributed by atoms with E-state index in [1.54, 1.807) is 13.8 Å². The molecule has 6 unspecified atom stereocenters. The maximum Gasteiger partial charge on any atom is 0.312 e. The maximum atomic E-state index is 11.6. The number of carbonyl (C=O) groups excluding carboxylic acids is 2. The van der Waals surface area contributed by atoms with Gasteiger partial charge in [0.1, 0.15) is 24.4 Å². The molecule has 2 rings (SSSR count). The van der Waals surface area contributed by atoms with Crippen LogP contribution in [0.15, 0.2) is 12.7 Å². The van der Waals surface area contributed by atoms with Crippen LogP contribution < -0.4 is 0 Å². The molecule has 6 atom stereocenters. The minimum absolute atomic E-state index is 0.213. The Hall–Kier alpha value is -2.28. The van der Waals surface area contributed by atoms with Crippen LogP contribution >= 0.6 is 0 Å². The lowest BCUT2D eigenvalue weighted by molar-refractivity contribution is -0.144. The Morgan fingerprint density at radius 3 is 1.05 bits per heavy atom. The largest absolute Gasteiger partial charge is 0.460 e. The monoisotopic (exact) mass is 783 g/mol. The van der Waals surface area contributed by atoms with Gasteiger partial charge >= 0.3 is 11.9 Å². The standard InChI is InChI=1S/C25H44O3.C25H42O3/c2*1-3-4-5-6-7-8-9-10-11-12-13-14-15-16-17-18-19-20-21-23-24(26)22(2)28-25(23)27/h22-24,26H,3-9,12-21H2,1-2H3;3,22-24,26H,1,4-9,12-21H2,2H3. The van der Waals surface area contributed by atoms with E-state index in [9.17, 15) is 19.8 Å². The predicted molar refractivity (Wildman–Crippen MR) is 234 cm³/mol. The second kappa shape index (κ2) is 37.0. The number of allylic oxidation sites excluding steroid dienone is 1. The summed E-state index contributed by atoms with van der Waals surface area (Å²) in [7, 11) is 0. The quantitative estimate of drug-likeness (QED) is 0.0305. The Morgan fingerprint density at radius 2 is 0.768 bits per heavy atom. The summed E-state index contributed by atoms with van der Waals surface area (Å²) in [5, 5.41) is 19.8. The molecule has 56 heavy (non-hydrogen) atoms. The van der Waals surface area contributed by atoms with E-state index < -0.39 is 12.2 Å². The van der Waals surface area contributed by atoms with Gasteiger partial charge in [-0.3, -0.25) is 9.59 Å². The Bertz CT molecular complexity index is 1090. The van der Waals surface area contributed by atoms with Crippen molar-refractivity contribution in [1.29, 1.82) is 0 Å². The molecule has 0 aromatic heterocycles. The van der Waals surface area contributed by atoms with Gasteiger partial charge in [0.2, 0.25) is 0 Å². The molecule has 322 valence electrons. The van der Waals surface area contributed by atoms with Crippen LogP contribution in [0.1, 0.15) is 233 Å². The summed E-state index contributed by atoms with van der Waals surface area (Å²) in [6, 6.07) is 0. The summed E-state index contributed by atoms with van der Waals surface area (Å²) in [5.41, 5.74) is 0. The Balaban J connectivity index is 0.000000560. The molecule has 6 heteroatoms. The SMILES string of the molecule is C=CCCCCCCC#CCCCCCCCCCCC1C(=O)OC(C)C1O.CCCCCCCCC#CCCCCCCCCCCC1C(=O)OC(C)C1O. The van der Waals surface area contributed by atoms with Crippen LogP contribution in [0.2, 0.25) is 0 Å². The number of cyclic esters (lactones) is 2. The fourth-order valence-electron chi connectivity index (χ4n) is 7.67. The van der Waals surface area contributed by atoms with Gasteiger partial charge in [-0.2, -0.15) is 0 Å². The van der Waals surface area contributed by atoms with Crippen LogP contribution in [0.3, 0.4) is 0 Å². The molecule has 0 amide bonds. The van der Waals surface area contributed by atoms with Crippen molar-refractivity contribution in [3.63, 3.8) is 0 Å². The predicted octanol–water partition coefficient (Wildman–Crippen LogP) is 12.9. The van der Waals surface area contributed by atoms with Crippen molar-refractivity contribution < 1.29 is 29.3 Å². The molecule has 2 saturated heterocycles. The van der Waals surface area contributed by atoms with Crippen molar-refractivity contribution in [2.24, 2.45) is 11.8 Å². The van der Waals surface area contributed by atoms with Crippen molar-refractivity contribution in [3.05, 3.63) is 12.7 Å². The first-order valence-corrected chi connectivity index (χ1v) is 23.6. The zero-order valence-corrected chi connectivity index (χ0v) is 36.6. The second-order valence-corrected chi connectivity index (χ2v) is 16.7. The summed E-state index contributed by atoms with van der Waals surface area (Å²) in [5.74, 6) is 12.3. The minimum atomic E-state index is -0.613. The Morgan fingerprint density at radius 1 is 0.482 bits per heavy atom. The van der Waals surface area contributed by atoms with E-state index in [0.29, 0.717) is 0 Å². The van der Waals surface area contributed by atoms with Gasteiger partial charge in [0.15, 0.2) is 0 Å². The molecular formula is C50H86O6. The third-order valence-corrected chi connectivity index (χ3v) is 11.5. The summed E-state index contributed by atoms with van der Waals surface area (Å²) >= 11 is 0. The molecule has 0 spiro atoms. The van der Waals surface area contributed by atoms with Crippen molar-refractivity contribution in [3.8, 4) is 23.7 Å². The van der Waals surface area contributed by atoms with E-state index in [1.807, 2.05) is 6.08 Å². The van der Waals surface area contributed by atoms with E-state index in [0.717, 1.165) is 70.6 Å². The van der Waals surface area contributed by atoms with Crippen LogP contribution in [-0.4, -0.2) is 46.6 Å². The third kappa shape index (κ3) is 27.4. The molecule has 2 fully saturated rings. The normalized spacial score (nSPS) is 21.3. The molecule has 2 heterocycles. The lowest BCUT2D eigenvalue weighted by Crippen LogP contribution is -2.24. The number of rotatable bonds is 32. The zero-order chi connectivity index (χ0) is 40.9. The number of aliphatic hydroxyl groups is 2. The number of hydrogen-bond acceptors (Lipinski definition) is 6. The average molecular weight is 783 g/mol. The molecule has 2 aliphatic rings.